The summed E-state index contributed by atoms with van der Waals surface area (Å²) in [6.07, 6.45) is 0. The average Bonchev–Trinajstić information content (AvgIpc) is 2.43. The molecule has 0 saturated carbocycles. The smallest absolute Gasteiger partial charge is 0.0589 e. The van der Waals surface area contributed by atoms with E-state index in [1.807, 2.05) is 6.07 Å². The van der Waals surface area contributed by atoms with Gasteiger partial charge in [-0.05, 0) is 18.0 Å². The third kappa shape index (κ3) is 4.60. The van der Waals surface area contributed by atoms with Gasteiger partial charge < -0.3 is 10.5 Å². The Labute approximate surface area is 117 Å². The van der Waals surface area contributed by atoms with E-state index < -0.39 is 0 Å². The van der Waals surface area contributed by atoms with Crippen LogP contribution in [-0.2, 0) is 4.74 Å². The number of hydrogen-bond acceptors (Lipinski definition) is 3. The van der Waals surface area contributed by atoms with Crippen molar-refractivity contribution in [1.82, 2.24) is 4.90 Å². The van der Waals surface area contributed by atoms with Gasteiger partial charge in [0.2, 0.25) is 0 Å². The highest BCUT2D eigenvalue weighted by molar-refractivity contribution is 5.20. The summed E-state index contributed by atoms with van der Waals surface area (Å²) in [6, 6.07) is 10.7. The summed E-state index contributed by atoms with van der Waals surface area (Å²) in [7, 11) is 1.75. The van der Waals surface area contributed by atoms with Gasteiger partial charge in [0.1, 0.15) is 0 Å². The largest absolute Gasteiger partial charge is 0.383 e. The maximum atomic E-state index is 6.51. The zero-order valence-electron chi connectivity index (χ0n) is 12.7. The number of methoxy groups -OCH3 is 1. The number of ether oxygens (including phenoxy) is 1. The fourth-order valence-corrected chi connectivity index (χ4v) is 2.66. The van der Waals surface area contributed by atoms with Crippen molar-refractivity contribution in [2.24, 2.45) is 11.7 Å². The van der Waals surface area contributed by atoms with Gasteiger partial charge in [0.05, 0.1) is 6.61 Å². The molecule has 1 aromatic carbocycles. The maximum Gasteiger partial charge on any atom is 0.0589 e. The van der Waals surface area contributed by atoms with Crippen LogP contribution in [0.4, 0.5) is 0 Å². The number of hydrogen-bond donors (Lipinski definition) is 1. The van der Waals surface area contributed by atoms with Crippen molar-refractivity contribution in [3.05, 3.63) is 35.9 Å². The third-order valence-corrected chi connectivity index (χ3v) is 3.65. The molecule has 0 bridgehead atoms. The van der Waals surface area contributed by atoms with Crippen LogP contribution in [0.15, 0.2) is 30.3 Å². The van der Waals surface area contributed by atoms with Crippen LogP contribution < -0.4 is 5.73 Å². The Morgan fingerprint density at radius 3 is 2.32 bits per heavy atom. The second kappa shape index (κ2) is 8.31. The third-order valence-electron chi connectivity index (χ3n) is 3.65. The molecule has 0 aliphatic rings. The first kappa shape index (κ1) is 16.2. The van der Waals surface area contributed by atoms with Gasteiger partial charge in [-0.2, -0.15) is 0 Å². The van der Waals surface area contributed by atoms with Crippen LogP contribution in [0.3, 0.4) is 0 Å². The first-order valence-electron chi connectivity index (χ1n) is 7.15. The Morgan fingerprint density at radius 2 is 1.84 bits per heavy atom. The molecular formula is C16H28N2O. The Balaban J connectivity index is 2.86. The fraction of sp³-hybridized carbons (Fsp3) is 0.625. The summed E-state index contributed by atoms with van der Waals surface area (Å²) in [6.45, 7) is 9.33. The van der Waals surface area contributed by atoms with Crippen molar-refractivity contribution in [3.8, 4) is 0 Å². The lowest BCUT2D eigenvalue weighted by atomic mass is 9.90. The summed E-state index contributed by atoms with van der Waals surface area (Å²) in [5, 5.41) is 0. The molecule has 2 unspecified atom stereocenters. The molecule has 2 N–H and O–H groups in total. The zero-order valence-corrected chi connectivity index (χ0v) is 12.7. The summed E-state index contributed by atoms with van der Waals surface area (Å²) in [5.74, 6) is 0.506. The molecule has 0 aromatic heterocycles. The number of likely N-dealkylation sites (N-methyl/N-ethyl adjacent to an activating group) is 1. The molecule has 0 fully saturated rings. The number of rotatable bonds is 8. The van der Waals surface area contributed by atoms with Crippen LogP contribution in [0.2, 0.25) is 0 Å². The topological polar surface area (TPSA) is 38.5 Å². The van der Waals surface area contributed by atoms with Gasteiger partial charge in [-0.1, -0.05) is 51.1 Å². The van der Waals surface area contributed by atoms with Crippen molar-refractivity contribution >= 4 is 0 Å². The van der Waals surface area contributed by atoms with E-state index in [9.17, 15) is 0 Å². The number of benzene rings is 1. The normalized spacial score (nSPS) is 14.9. The Kier molecular flexibility index (Phi) is 7.06. The molecule has 0 aliphatic carbocycles. The molecule has 0 aliphatic heterocycles. The van der Waals surface area contributed by atoms with E-state index in [0.29, 0.717) is 12.0 Å². The van der Waals surface area contributed by atoms with E-state index >= 15 is 0 Å². The summed E-state index contributed by atoms with van der Waals surface area (Å²) in [5.41, 5.74) is 7.71. The predicted molar refractivity (Wildman–Crippen MR) is 81.1 cm³/mol. The van der Waals surface area contributed by atoms with Crippen LogP contribution in [0.25, 0.3) is 0 Å². The molecule has 0 spiro atoms. The fourth-order valence-electron chi connectivity index (χ4n) is 2.66. The van der Waals surface area contributed by atoms with Gasteiger partial charge in [0.15, 0.2) is 0 Å². The number of nitrogens with two attached hydrogens (primary N) is 1. The predicted octanol–water partition coefficient (Wildman–Crippen LogP) is 2.68. The van der Waals surface area contributed by atoms with Gasteiger partial charge in [0, 0.05) is 25.7 Å². The minimum atomic E-state index is 0.0398. The van der Waals surface area contributed by atoms with E-state index in [1.165, 1.54) is 5.56 Å². The van der Waals surface area contributed by atoms with Gasteiger partial charge >= 0.3 is 0 Å². The highest BCUT2D eigenvalue weighted by Crippen LogP contribution is 2.24. The minimum absolute atomic E-state index is 0.0398. The quantitative estimate of drug-likeness (QED) is 0.784. The van der Waals surface area contributed by atoms with Gasteiger partial charge in [-0.3, -0.25) is 4.90 Å². The molecular weight excluding hydrogens is 236 g/mol. The Bertz CT molecular complexity index is 340. The maximum absolute atomic E-state index is 6.51. The summed E-state index contributed by atoms with van der Waals surface area (Å²) in [4.78, 5) is 2.42. The second-order valence-electron chi connectivity index (χ2n) is 5.29. The van der Waals surface area contributed by atoms with Gasteiger partial charge in [-0.15, -0.1) is 0 Å². The molecule has 3 nitrogen and oxygen atoms in total. The van der Waals surface area contributed by atoms with E-state index in [2.05, 4.69) is 49.9 Å². The molecule has 0 saturated heterocycles. The second-order valence-corrected chi connectivity index (χ2v) is 5.29. The summed E-state index contributed by atoms with van der Waals surface area (Å²) >= 11 is 0. The van der Waals surface area contributed by atoms with Crippen LogP contribution in [0, 0.1) is 5.92 Å². The zero-order chi connectivity index (χ0) is 14.3. The molecule has 0 radical (unpaired) electrons. The summed E-state index contributed by atoms with van der Waals surface area (Å²) < 4.78 is 5.21. The monoisotopic (exact) mass is 264 g/mol. The van der Waals surface area contributed by atoms with E-state index in [-0.39, 0.29) is 6.04 Å². The minimum Gasteiger partial charge on any atom is -0.383 e. The molecule has 108 valence electrons. The van der Waals surface area contributed by atoms with Crippen LogP contribution >= 0.6 is 0 Å². The van der Waals surface area contributed by atoms with Crippen molar-refractivity contribution in [3.63, 3.8) is 0 Å². The highest BCUT2D eigenvalue weighted by atomic mass is 16.5. The van der Waals surface area contributed by atoms with Gasteiger partial charge in [0.25, 0.3) is 0 Å². The molecule has 2 atom stereocenters. The Hall–Kier alpha value is -0.900. The van der Waals surface area contributed by atoms with Crippen LogP contribution in [0.1, 0.15) is 32.4 Å². The van der Waals surface area contributed by atoms with Crippen LogP contribution in [-0.4, -0.2) is 37.7 Å². The first-order chi connectivity index (χ1) is 9.11. The van der Waals surface area contributed by atoms with E-state index in [0.717, 1.165) is 19.7 Å². The SMILES string of the molecule is CCN(CCOC)C(C(C)C)C(N)c1ccccc1. The van der Waals surface area contributed by atoms with Crippen molar-refractivity contribution in [2.45, 2.75) is 32.9 Å². The van der Waals surface area contributed by atoms with E-state index in [4.69, 9.17) is 10.5 Å². The number of nitrogens with zero attached hydrogens (tertiary/aromatic N) is 1. The molecule has 1 aromatic rings. The molecule has 3 heteroatoms. The molecule has 0 heterocycles. The lowest BCUT2D eigenvalue weighted by molar-refractivity contribution is 0.0912. The molecule has 0 amide bonds. The van der Waals surface area contributed by atoms with Crippen LogP contribution in [0.5, 0.6) is 0 Å². The van der Waals surface area contributed by atoms with Crippen molar-refractivity contribution < 1.29 is 4.74 Å². The lowest BCUT2D eigenvalue weighted by Crippen LogP contribution is -2.47. The highest BCUT2D eigenvalue weighted by Gasteiger charge is 2.27. The Morgan fingerprint density at radius 1 is 1.21 bits per heavy atom. The lowest BCUT2D eigenvalue weighted by Gasteiger charge is -2.37. The molecule has 19 heavy (non-hydrogen) atoms. The van der Waals surface area contributed by atoms with Gasteiger partial charge in [-0.25, -0.2) is 0 Å². The van der Waals surface area contributed by atoms with Crippen molar-refractivity contribution in [1.29, 1.82) is 0 Å². The standard InChI is InChI=1S/C16H28N2O/c1-5-18(11-12-19-4)16(13(2)3)15(17)14-9-7-6-8-10-14/h6-10,13,15-16H,5,11-12,17H2,1-4H3. The first-order valence-corrected chi connectivity index (χ1v) is 7.15. The molecule has 1 rings (SSSR count). The average molecular weight is 264 g/mol. The van der Waals surface area contributed by atoms with Crippen molar-refractivity contribution in [2.75, 3.05) is 26.8 Å². The van der Waals surface area contributed by atoms with E-state index in [1.54, 1.807) is 7.11 Å².